The van der Waals surface area contributed by atoms with Crippen LogP contribution in [-0.2, 0) is 0 Å². The molecule has 2 N–H and O–H groups in total. The SMILES string of the molecule is CC(O)CCNC1CCN(c2ccncc2)CC1. The molecule has 1 aliphatic heterocycles. The van der Waals surface area contributed by atoms with Gasteiger partial charge in [0.2, 0.25) is 0 Å². The highest BCUT2D eigenvalue weighted by atomic mass is 16.3. The molecule has 4 nitrogen and oxygen atoms in total. The van der Waals surface area contributed by atoms with E-state index in [1.807, 2.05) is 19.3 Å². The second-order valence-corrected chi connectivity index (χ2v) is 5.06. The fraction of sp³-hybridized carbons (Fsp3) is 0.643. The highest BCUT2D eigenvalue weighted by Gasteiger charge is 2.18. The molecule has 4 heteroatoms. The van der Waals surface area contributed by atoms with Gasteiger partial charge < -0.3 is 15.3 Å². The average molecular weight is 249 g/mol. The lowest BCUT2D eigenvalue weighted by atomic mass is 10.0. The van der Waals surface area contributed by atoms with E-state index in [9.17, 15) is 5.11 Å². The van der Waals surface area contributed by atoms with E-state index in [-0.39, 0.29) is 6.10 Å². The van der Waals surface area contributed by atoms with Crippen LogP contribution in [0, 0.1) is 0 Å². The maximum atomic E-state index is 9.22. The van der Waals surface area contributed by atoms with Crippen LogP contribution in [0.4, 0.5) is 5.69 Å². The highest BCUT2D eigenvalue weighted by Crippen LogP contribution is 2.18. The Morgan fingerprint density at radius 2 is 2.06 bits per heavy atom. The van der Waals surface area contributed by atoms with Gasteiger partial charge in [0.1, 0.15) is 0 Å². The summed E-state index contributed by atoms with van der Waals surface area (Å²) < 4.78 is 0. The molecular formula is C14H23N3O. The summed E-state index contributed by atoms with van der Waals surface area (Å²) in [4.78, 5) is 6.46. The van der Waals surface area contributed by atoms with Crippen molar-refractivity contribution < 1.29 is 5.11 Å². The van der Waals surface area contributed by atoms with Gasteiger partial charge in [0.25, 0.3) is 0 Å². The molecule has 0 aromatic carbocycles. The number of nitrogens with zero attached hydrogens (tertiary/aromatic N) is 2. The molecule has 1 fully saturated rings. The van der Waals surface area contributed by atoms with Crippen LogP contribution < -0.4 is 10.2 Å². The van der Waals surface area contributed by atoms with Crippen molar-refractivity contribution in [1.29, 1.82) is 0 Å². The molecule has 0 spiro atoms. The summed E-state index contributed by atoms with van der Waals surface area (Å²) >= 11 is 0. The van der Waals surface area contributed by atoms with Crippen molar-refractivity contribution in [3.05, 3.63) is 24.5 Å². The molecule has 0 bridgehead atoms. The quantitative estimate of drug-likeness (QED) is 0.828. The molecule has 0 saturated carbocycles. The zero-order valence-corrected chi connectivity index (χ0v) is 11.0. The molecule has 2 rings (SSSR count). The Balaban J connectivity index is 1.71. The van der Waals surface area contributed by atoms with Crippen LogP contribution in [0.25, 0.3) is 0 Å². The van der Waals surface area contributed by atoms with Gasteiger partial charge in [-0.2, -0.15) is 0 Å². The zero-order valence-electron chi connectivity index (χ0n) is 11.0. The van der Waals surface area contributed by atoms with Gasteiger partial charge >= 0.3 is 0 Å². The van der Waals surface area contributed by atoms with E-state index in [1.165, 1.54) is 18.5 Å². The standard InChI is InChI=1S/C14H23N3O/c1-12(18)2-9-16-13-5-10-17(11-6-13)14-3-7-15-8-4-14/h3-4,7-8,12-13,16,18H,2,5-6,9-11H2,1H3. The van der Waals surface area contributed by atoms with Crippen molar-refractivity contribution in [3.63, 3.8) is 0 Å². The zero-order chi connectivity index (χ0) is 12.8. The van der Waals surface area contributed by atoms with Gasteiger partial charge in [0.05, 0.1) is 6.10 Å². The number of hydrogen-bond donors (Lipinski definition) is 2. The third-order valence-corrected chi connectivity index (χ3v) is 3.52. The molecule has 0 amide bonds. The largest absolute Gasteiger partial charge is 0.393 e. The molecule has 1 saturated heterocycles. The summed E-state index contributed by atoms with van der Waals surface area (Å²) in [6.45, 7) is 4.94. The van der Waals surface area contributed by atoms with E-state index < -0.39 is 0 Å². The minimum atomic E-state index is -0.200. The first kappa shape index (κ1) is 13.3. The maximum absolute atomic E-state index is 9.22. The van der Waals surface area contributed by atoms with E-state index in [0.717, 1.165) is 26.1 Å². The van der Waals surface area contributed by atoms with Crippen molar-refractivity contribution >= 4 is 5.69 Å². The van der Waals surface area contributed by atoms with Crippen LogP contribution in [0.3, 0.4) is 0 Å². The summed E-state index contributed by atoms with van der Waals surface area (Å²) in [7, 11) is 0. The number of rotatable bonds is 5. The molecule has 1 aromatic rings. The highest BCUT2D eigenvalue weighted by molar-refractivity contribution is 5.44. The first-order valence-corrected chi connectivity index (χ1v) is 6.82. The molecule has 0 radical (unpaired) electrons. The molecule has 1 aromatic heterocycles. The molecular weight excluding hydrogens is 226 g/mol. The number of pyridine rings is 1. The summed E-state index contributed by atoms with van der Waals surface area (Å²) in [5.41, 5.74) is 1.27. The van der Waals surface area contributed by atoms with Gasteiger partial charge in [-0.05, 0) is 44.9 Å². The lowest BCUT2D eigenvalue weighted by molar-refractivity contribution is 0.181. The second kappa shape index (κ2) is 6.71. The number of anilines is 1. The summed E-state index contributed by atoms with van der Waals surface area (Å²) in [5.74, 6) is 0. The van der Waals surface area contributed by atoms with Crippen LogP contribution in [0.5, 0.6) is 0 Å². The third kappa shape index (κ3) is 3.96. The van der Waals surface area contributed by atoms with Crippen LogP contribution in [0.1, 0.15) is 26.2 Å². The Kier molecular flexibility index (Phi) is 4.96. The fourth-order valence-corrected chi connectivity index (χ4v) is 2.39. The molecule has 1 aliphatic rings. The first-order chi connectivity index (χ1) is 8.75. The number of aliphatic hydroxyl groups is 1. The Morgan fingerprint density at radius 1 is 1.39 bits per heavy atom. The molecule has 1 unspecified atom stereocenters. The number of aromatic nitrogens is 1. The van der Waals surface area contributed by atoms with Gasteiger partial charge in [-0.25, -0.2) is 0 Å². The van der Waals surface area contributed by atoms with Crippen molar-refractivity contribution in [2.45, 2.75) is 38.3 Å². The Morgan fingerprint density at radius 3 is 2.67 bits per heavy atom. The molecule has 0 aliphatic carbocycles. The first-order valence-electron chi connectivity index (χ1n) is 6.82. The molecule has 1 atom stereocenters. The average Bonchev–Trinajstić information content (AvgIpc) is 2.40. The van der Waals surface area contributed by atoms with Gasteiger partial charge in [0, 0.05) is 37.2 Å². The molecule has 2 heterocycles. The molecule has 100 valence electrons. The third-order valence-electron chi connectivity index (χ3n) is 3.52. The predicted octanol–water partition coefficient (Wildman–Crippen LogP) is 1.41. The van der Waals surface area contributed by atoms with Crippen LogP contribution in [0.15, 0.2) is 24.5 Å². The Hall–Kier alpha value is -1.13. The summed E-state index contributed by atoms with van der Waals surface area (Å²) in [5, 5.41) is 12.7. The number of nitrogens with one attached hydrogen (secondary N) is 1. The second-order valence-electron chi connectivity index (χ2n) is 5.06. The maximum Gasteiger partial charge on any atom is 0.0524 e. The summed E-state index contributed by atoms with van der Waals surface area (Å²) in [6.07, 6.45) is 6.67. The Bertz CT molecular complexity index is 334. The lowest BCUT2D eigenvalue weighted by Gasteiger charge is -2.34. The van der Waals surface area contributed by atoms with E-state index in [1.54, 1.807) is 0 Å². The van der Waals surface area contributed by atoms with E-state index in [0.29, 0.717) is 6.04 Å². The monoisotopic (exact) mass is 249 g/mol. The van der Waals surface area contributed by atoms with Crippen molar-refractivity contribution in [1.82, 2.24) is 10.3 Å². The topological polar surface area (TPSA) is 48.4 Å². The number of hydrogen-bond acceptors (Lipinski definition) is 4. The van der Waals surface area contributed by atoms with E-state index in [2.05, 4.69) is 27.3 Å². The van der Waals surface area contributed by atoms with Gasteiger partial charge in [-0.1, -0.05) is 0 Å². The van der Waals surface area contributed by atoms with E-state index >= 15 is 0 Å². The number of piperidine rings is 1. The minimum absolute atomic E-state index is 0.200. The van der Waals surface area contributed by atoms with E-state index in [4.69, 9.17) is 0 Å². The Labute approximate surface area is 109 Å². The predicted molar refractivity (Wildman–Crippen MR) is 73.8 cm³/mol. The van der Waals surface area contributed by atoms with Gasteiger partial charge in [-0.15, -0.1) is 0 Å². The summed E-state index contributed by atoms with van der Waals surface area (Å²) in [6, 6.07) is 4.74. The van der Waals surface area contributed by atoms with Crippen LogP contribution in [-0.4, -0.2) is 41.9 Å². The van der Waals surface area contributed by atoms with Crippen molar-refractivity contribution in [2.24, 2.45) is 0 Å². The number of aliphatic hydroxyl groups excluding tert-OH is 1. The minimum Gasteiger partial charge on any atom is -0.393 e. The lowest BCUT2D eigenvalue weighted by Crippen LogP contribution is -2.43. The van der Waals surface area contributed by atoms with Gasteiger partial charge in [0.15, 0.2) is 0 Å². The van der Waals surface area contributed by atoms with Crippen LogP contribution >= 0.6 is 0 Å². The fourth-order valence-electron chi connectivity index (χ4n) is 2.39. The normalized spacial score (nSPS) is 18.9. The van der Waals surface area contributed by atoms with Crippen LogP contribution in [0.2, 0.25) is 0 Å². The smallest absolute Gasteiger partial charge is 0.0524 e. The van der Waals surface area contributed by atoms with Gasteiger partial charge in [-0.3, -0.25) is 4.98 Å². The van der Waals surface area contributed by atoms with Crippen molar-refractivity contribution in [3.8, 4) is 0 Å². The van der Waals surface area contributed by atoms with Crippen molar-refractivity contribution in [2.75, 3.05) is 24.5 Å². The molecule has 18 heavy (non-hydrogen) atoms.